The highest BCUT2D eigenvalue weighted by Gasteiger charge is 2.27. The third-order valence-electron chi connectivity index (χ3n) is 4.67. The van der Waals surface area contributed by atoms with Gasteiger partial charge in [-0.25, -0.2) is 4.98 Å². The van der Waals surface area contributed by atoms with E-state index in [1.807, 2.05) is 16.3 Å². The Balaban J connectivity index is 1.32. The Kier molecular flexibility index (Phi) is 4.18. The van der Waals surface area contributed by atoms with Crippen molar-refractivity contribution < 1.29 is 9.21 Å². The van der Waals surface area contributed by atoms with E-state index in [0.29, 0.717) is 11.7 Å². The molecule has 1 aliphatic heterocycles. The van der Waals surface area contributed by atoms with E-state index < -0.39 is 0 Å². The maximum atomic E-state index is 12.6. The van der Waals surface area contributed by atoms with Gasteiger partial charge < -0.3 is 14.6 Å². The third-order valence-corrected chi connectivity index (χ3v) is 5.56. The summed E-state index contributed by atoms with van der Waals surface area (Å²) in [5.74, 6) is 0.961. The van der Waals surface area contributed by atoms with Crippen LogP contribution in [0, 0.1) is 5.92 Å². The summed E-state index contributed by atoms with van der Waals surface area (Å²) in [4.78, 5) is 19.0. The zero-order chi connectivity index (χ0) is 15.6. The highest BCUT2D eigenvalue weighted by molar-refractivity contribution is 7.13. The summed E-state index contributed by atoms with van der Waals surface area (Å²) in [6, 6.07) is 2.43. The number of likely N-dealkylation sites (tertiary alicyclic amines) is 1. The molecule has 1 aliphatic carbocycles. The molecule has 122 valence electrons. The molecule has 0 unspecified atom stereocenters. The molecule has 2 aromatic rings. The SMILES string of the molecule is O=C(c1csc(-c2ccoc2)n1)N1CCC(NCC2CC2)CC1. The Hall–Kier alpha value is -1.66. The molecule has 1 saturated carbocycles. The number of hydrogen-bond acceptors (Lipinski definition) is 5. The van der Waals surface area contributed by atoms with Crippen molar-refractivity contribution in [3.8, 4) is 10.6 Å². The van der Waals surface area contributed by atoms with Gasteiger partial charge in [-0.3, -0.25) is 4.79 Å². The van der Waals surface area contributed by atoms with Gasteiger partial charge in [0.05, 0.1) is 6.26 Å². The predicted molar refractivity (Wildman–Crippen MR) is 89.5 cm³/mol. The summed E-state index contributed by atoms with van der Waals surface area (Å²) in [6.45, 7) is 2.79. The molecule has 0 bridgehead atoms. The van der Waals surface area contributed by atoms with Gasteiger partial charge in [-0.05, 0) is 44.2 Å². The van der Waals surface area contributed by atoms with Gasteiger partial charge >= 0.3 is 0 Å². The largest absolute Gasteiger partial charge is 0.472 e. The van der Waals surface area contributed by atoms with Crippen LogP contribution in [0.2, 0.25) is 0 Å². The molecule has 0 aromatic carbocycles. The molecule has 2 aromatic heterocycles. The van der Waals surface area contributed by atoms with E-state index in [4.69, 9.17) is 4.42 Å². The van der Waals surface area contributed by atoms with Crippen LogP contribution in [0.4, 0.5) is 0 Å². The standard InChI is InChI=1S/C17H21N3O2S/c21-17(15-11-23-16(19-15)13-5-8-22-10-13)20-6-3-14(4-7-20)18-9-12-1-2-12/h5,8,10-12,14,18H,1-4,6-7,9H2. The van der Waals surface area contributed by atoms with Crippen molar-refractivity contribution >= 4 is 17.2 Å². The van der Waals surface area contributed by atoms with Crippen LogP contribution in [0.25, 0.3) is 10.6 Å². The summed E-state index contributed by atoms with van der Waals surface area (Å²) in [6.07, 6.45) is 8.12. The van der Waals surface area contributed by atoms with Crippen LogP contribution in [-0.4, -0.2) is 41.5 Å². The molecule has 0 spiro atoms. The fraction of sp³-hybridized carbons (Fsp3) is 0.529. The minimum absolute atomic E-state index is 0.0524. The van der Waals surface area contributed by atoms with E-state index in [1.165, 1.54) is 24.2 Å². The van der Waals surface area contributed by atoms with Crippen LogP contribution in [0.3, 0.4) is 0 Å². The van der Waals surface area contributed by atoms with Crippen LogP contribution >= 0.6 is 11.3 Å². The van der Waals surface area contributed by atoms with Crippen molar-refractivity contribution in [2.45, 2.75) is 31.7 Å². The average molecular weight is 331 g/mol. The van der Waals surface area contributed by atoms with Crippen molar-refractivity contribution in [3.63, 3.8) is 0 Å². The lowest BCUT2D eigenvalue weighted by molar-refractivity contribution is 0.0700. The number of carbonyl (C=O) groups is 1. The van der Waals surface area contributed by atoms with Crippen molar-refractivity contribution in [2.75, 3.05) is 19.6 Å². The number of hydrogen-bond donors (Lipinski definition) is 1. The number of amides is 1. The van der Waals surface area contributed by atoms with Crippen LogP contribution in [-0.2, 0) is 0 Å². The maximum absolute atomic E-state index is 12.6. The smallest absolute Gasteiger partial charge is 0.273 e. The van der Waals surface area contributed by atoms with Gasteiger partial charge in [0, 0.05) is 30.1 Å². The van der Waals surface area contributed by atoms with E-state index in [1.54, 1.807) is 12.5 Å². The van der Waals surface area contributed by atoms with Crippen LogP contribution in [0.5, 0.6) is 0 Å². The van der Waals surface area contributed by atoms with Crippen molar-refractivity contribution in [2.24, 2.45) is 5.92 Å². The number of furan rings is 1. The van der Waals surface area contributed by atoms with Crippen molar-refractivity contribution in [3.05, 3.63) is 29.7 Å². The minimum Gasteiger partial charge on any atom is -0.472 e. The molecule has 1 amide bonds. The molecule has 1 saturated heterocycles. The molecular weight excluding hydrogens is 310 g/mol. The summed E-state index contributed by atoms with van der Waals surface area (Å²) < 4.78 is 5.08. The molecular formula is C17H21N3O2S. The Morgan fingerprint density at radius 1 is 1.35 bits per heavy atom. The summed E-state index contributed by atoms with van der Waals surface area (Å²) in [5, 5.41) is 6.33. The molecule has 1 N–H and O–H groups in total. The topological polar surface area (TPSA) is 58.4 Å². The third kappa shape index (κ3) is 3.48. The highest BCUT2D eigenvalue weighted by Crippen LogP contribution is 2.28. The number of nitrogens with one attached hydrogen (secondary N) is 1. The molecule has 23 heavy (non-hydrogen) atoms. The van der Waals surface area contributed by atoms with Crippen LogP contribution in [0.1, 0.15) is 36.2 Å². The minimum atomic E-state index is 0.0524. The van der Waals surface area contributed by atoms with E-state index in [9.17, 15) is 4.79 Å². The number of piperidine rings is 1. The first-order chi connectivity index (χ1) is 11.3. The van der Waals surface area contributed by atoms with Crippen LogP contribution in [0.15, 0.2) is 28.4 Å². The number of aromatic nitrogens is 1. The fourth-order valence-corrected chi connectivity index (χ4v) is 3.77. The van der Waals surface area contributed by atoms with Gasteiger partial charge in [0.1, 0.15) is 17.0 Å². The normalized spacial score (nSPS) is 19.2. The lowest BCUT2D eigenvalue weighted by Gasteiger charge is -2.32. The van der Waals surface area contributed by atoms with Gasteiger partial charge in [-0.15, -0.1) is 11.3 Å². The number of nitrogens with zero attached hydrogens (tertiary/aromatic N) is 2. The second-order valence-corrected chi connectivity index (χ2v) is 7.33. The zero-order valence-corrected chi connectivity index (χ0v) is 13.8. The Labute approximate surface area is 139 Å². The lowest BCUT2D eigenvalue weighted by atomic mass is 10.0. The molecule has 0 radical (unpaired) electrons. The molecule has 0 atom stereocenters. The molecule has 5 nitrogen and oxygen atoms in total. The zero-order valence-electron chi connectivity index (χ0n) is 13.0. The highest BCUT2D eigenvalue weighted by atomic mass is 32.1. The first-order valence-electron chi connectivity index (χ1n) is 8.30. The van der Waals surface area contributed by atoms with Crippen molar-refractivity contribution in [1.29, 1.82) is 0 Å². The van der Waals surface area contributed by atoms with E-state index in [-0.39, 0.29) is 5.91 Å². The maximum Gasteiger partial charge on any atom is 0.273 e. The quantitative estimate of drug-likeness (QED) is 0.915. The van der Waals surface area contributed by atoms with Gasteiger partial charge in [-0.1, -0.05) is 0 Å². The average Bonchev–Trinajstić information content (AvgIpc) is 3.04. The van der Waals surface area contributed by atoms with Gasteiger partial charge in [0.15, 0.2) is 0 Å². The van der Waals surface area contributed by atoms with Gasteiger partial charge in [0.2, 0.25) is 0 Å². The fourth-order valence-electron chi connectivity index (χ4n) is 2.99. The molecule has 3 heterocycles. The Bertz CT molecular complexity index is 655. The van der Waals surface area contributed by atoms with E-state index >= 15 is 0 Å². The Morgan fingerprint density at radius 3 is 2.87 bits per heavy atom. The lowest BCUT2D eigenvalue weighted by Crippen LogP contribution is -2.45. The number of thiazole rings is 1. The summed E-state index contributed by atoms with van der Waals surface area (Å²) >= 11 is 1.49. The first-order valence-corrected chi connectivity index (χ1v) is 9.18. The number of rotatable bonds is 5. The number of carbonyl (C=O) groups excluding carboxylic acids is 1. The summed E-state index contributed by atoms with van der Waals surface area (Å²) in [5.41, 5.74) is 1.48. The molecule has 4 rings (SSSR count). The van der Waals surface area contributed by atoms with E-state index in [0.717, 1.165) is 49.0 Å². The second kappa shape index (κ2) is 6.45. The predicted octanol–water partition coefficient (Wildman–Crippen LogP) is 3.01. The monoisotopic (exact) mass is 331 g/mol. The first kappa shape index (κ1) is 14.9. The second-order valence-electron chi connectivity index (χ2n) is 6.47. The molecule has 2 aliphatic rings. The van der Waals surface area contributed by atoms with E-state index in [2.05, 4.69) is 10.3 Å². The molecule has 2 fully saturated rings. The van der Waals surface area contributed by atoms with Gasteiger partial charge in [0.25, 0.3) is 5.91 Å². The Morgan fingerprint density at radius 2 is 2.17 bits per heavy atom. The van der Waals surface area contributed by atoms with Crippen molar-refractivity contribution in [1.82, 2.24) is 15.2 Å². The van der Waals surface area contributed by atoms with Gasteiger partial charge in [-0.2, -0.15) is 0 Å². The summed E-state index contributed by atoms with van der Waals surface area (Å²) in [7, 11) is 0. The van der Waals surface area contributed by atoms with Crippen LogP contribution < -0.4 is 5.32 Å². The molecule has 6 heteroatoms.